The molecule has 0 fully saturated rings. The summed E-state index contributed by atoms with van der Waals surface area (Å²) < 4.78 is 0. The molecule has 6 heteroatoms. The number of aryl methyl sites for hydroxylation is 1. The average Bonchev–Trinajstić information content (AvgIpc) is 3.24. The van der Waals surface area contributed by atoms with Crippen molar-refractivity contribution in [2.75, 3.05) is 5.32 Å². The summed E-state index contributed by atoms with van der Waals surface area (Å²) in [5, 5.41) is 15.7. The second kappa shape index (κ2) is 11.1. The Kier molecular flexibility index (Phi) is 7.72. The second-order valence-corrected chi connectivity index (χ2v) is 9.38. The first-order valence-corrected chi connectivity index (χ1v) is 12.2. The van der Waals surface area contributed by atoms with Crippen LogP contribution in [-0.4, -0.2) is 22.1 Å². The van der Waals surface area contributed by atoms with Gasteiger partial charge in [0.1, 0.15) is 11.9 Å². The highest BCUT2D eigenvalue weighted by molar-refractivity contribution is 7.15. The summed E-state index contributed by atoms with van der Waals surface area (Å²) in [5.41, 5.74) is 5.75. The lowest BCUT2D eigenvalue weighted by Crippen LogP contribution is -2.35. The van der Waals surface area contributed by atoms with Gasteiger partial charge in [0.25, 0.3) is 0 Å². The fourth-order valence-corrected chi connectivity index (χ4v) is 4.87. The summed E-state index contributed by atoms with van der Waals surface area (Å²) in [7, 11) is 0. The van der Waals surface area contributed by atoms with Gasteiger partial charge in [0.05, 0.1) is 0 Å². The summed E-state index contributed by atoms with van der Waals surface area (Å²) in [5.74, 6) is 0.0506. The van der Waals surface area contributed by atoms with Crippen LogP contribution < -0.4 is 10.6 Å². The number of benzene rings is 2. The van der Waals surface area contributed by atoms with Gasteiger partial charge in [0, 0.05) is 34.6 Å². The fourth-order valence-electron chi connectivity index (χ4n) is 3.74. The first-order valence-electron chi connectivity index (χ1n) is 11.4. The summed E-state index contributed by atoms with van der Waals surface area (Å²) in [6, 6.07) is 24.5. The van der Waals surface area contributed by atoms with Crippen LogP contribution in [0.3, 0.4) is 0 Å². The van der Waals surface area contributed by atoms with Crippen LogP contribution in [0.1, 0.15) is 29.3 Å². The number of aliphatic carboxylic acids is 1. The molecule has 0 aliphatic carbocycles. The SMILES string of the molecule is CCC(NCc1sc(-c2ccc(-c3ccc(NCc4ccccc4)nc3)cc2)cc1C)C(=O)O. The maximum Gasteiger partial charge on any atom is 0.320 e. The number of hydrogen-bond donors (Lipinski definition) is 3. The quantitative estimate of drug-likeness (QED) is 0.251. The minimum absolute atomic E-state index is 0.516. The van der Waals surface area contributed by atoms with Crippen molar-refractivity contribution < 1.29 is 9.90 Å². The van der Waals surface area contributed by atoms with E-state index in [-0.39, 0.29) is 0 Å². The van der Waals surface area contributed by atoms with Gasteiger partial charge in [0.2, 0.25) is 0 Å². The lowest BCUT2D eigenvalue weighted by atomic mass is 10.0. The maximum atomic E-state index is 11.3. The van der Waals surface area contributed by atoms with Gasteiger partial charge in [-0.3, -0.25) is 10.1 Å². The molecule has 174 valence electrons. The first-order chi connectivity index (χ1) is 16.5. The molecule has 0 saturated carbocycles. The van der Waals surface area contributed by atoms with Gasteiger partial charge in [0.15, 0.2) is 0 Å². The number of thiophene rings is 1. The average molecular weight is 472 g/mol. The molecule has 1 atom stereocenters. The molecule has 3 N–H and O–H groups in total. The largest absolute Gasteiger partial charge is 0.480 e. The zero-order chi connectivity index (χ0) is 23.9. The monoisotopic (exact) mass is 471 g/mol. The van der Waals surface area contributed by atoms with E-state index in [1.54, 1.807) is 11.3 Å². The molecular weight excluding hydrogens is 442 g/mol. The number of carboxylic acid groups (broad SMARTS) is 1. The Balaban J connectivity index is 1.39. The molecule has 34 heavy (non-hydrogen) atoms. The molecule has 4 rings (SSSR count). The Morgan fingerprint density at radius 2 is 1.68 bits per heavy atom. The molecule has 0 amide bonds. The molecule has 1 unspecified atom stereocenters. The van der Waals surface area contributed by atoms with Crippen LogP contribution in [-0.2, 0) is 17.9 Å². The normalized spacial score (nSPS) is 11.8. The summed E-state index contributed by atoms with van der Waals surface area (Å²) in [6.45, 7) is 5.27. The number of rotatable bonds is 10. The van der Waals surface area contributed by atoms with Crippen molar-refractivity contribution in [2.45, 2.75) is 39.4 Å². The highest BCUT2D eigenvalue weighted by atomic mass is 32.1. The Labute approximate surface area is 204 Å². The van der Waals surface area contributed by atoms with Gasteiger partial charge in [-0.15, -0.1) is 11.3 Å². The van der Waals surface area contributed by atoms with Crippen LogP contribution in [0.5, 0.6) is 0 Å². The van der Waals surface area contributed by atoms with Crippen molar-refractivity contribution >= 4 is 23.1 Å². The van der Waals surface area contributed by atoms with Crippen molar-refractivity contribution in [1.82, 2.24) is 10.3 Å². The van der Waals surface area contributed by atoms with E-state index in [2.05, 4.69) is 71.1 Å². The third-order valence-corrected chi connectivity index (χ3v) is 7.10. The van der Waals surface area contributed by atoms with Crippen molar-refractivity contribution in [3.63, 3.8) is 0 Å². The number of aromatic nitrogens is 1. The number of pyridine rings is 1. The van der Waals surface area contributed by atoms with E-state index in [0.29, 0.717) is 13.0 Å². The van der Waals surface area contributed by atoms with Crippen LogP contribution in [0, 0.1) is 6.92 Å². The Morgan fingerprint density at radius 1 is 0.971 bits per heavy atom. The fraction of sp³-hybridized carbons (Fsp3) is 0.214. The van der Waals surface area contributed by atoms with Gasteiger partial charge >= 0.3 is 5.97 Å². The van der Waals surface area contributed by atoms with Crippen LogP contribution in [0.2, 0.25) is 0 Å². The number of carbonyl (C=O) groups is 1. The minimum atomic E-state index is -0.804. The molecule has 0 aliphatic heterocycles. The Hall–Kier alpha value is -3.48. The molecule has 0 spiro atoms. The lowest BCUT2D eigenvalue weighted by molar-refractivity contribution is -0.139. The lowest BCUT2D eigenvalue weighted by Gasteiger charge is -2.11. The Morgan fingerprint density at radius 3 is 2.32 bits per heavy atom. The van der Waals surface area contributed by atoms with Gasteiger partial charge in [-0.05, 0) is 53.8 Å². The molecule has 0 radical (unpaired) electrons. The van der Waals surface area contributed by atoms with Crippen LogP contribution >= 0.6 is 11.3 Å². The molecule has 2 aromatic heterocycles. The predicted molar refractivity (Wildman–Crippen MR) is 140 cm³/mol. The zero-order valence-corrected chi connectivity index (χ0v) is 20.2. The molecule has 0 saturated heterocycles. The second-order valence-electron chi connectivity index (χ2n) is 8.25. The molecule has 5 nitrogen and oxygen atoms in total. The third kappa shape index (κ3) is 5.90. The van der Waals surface area contributed by atoms with Crippen molar-refractivity contribution in [2.24, 2.45) is 0 Å². The van der Waals surface area contributed by atoms with E-state index < -0.39 is 12.0 Å². The van der Waals surface area contributed by atoms with Gasteiger partial charge in [-0.2, -0.15) is 0 Å². The molecule has 2 heterocycles. The van der Waals surface area contributed by atoms with E-state index in [4.69, 9.17) is 0 Å². The van der Waals surface area contributed by atoms with Crippen molar-refractivity contribution in [3.05, 3.63) is 95.0 Å². The number of hydrogen-bond acceptors (Lipinski definition) is 5. The van der Waals surface area contributed by atoms with E-state index >= 15 is 0 Å². The van der Waals surface area contributed by atoms with E-state index in [0.717, 1.165) is 29.1 Å². The smallest absolute Gasteiger partial charge is 0.320 e. The summed E-state index contributed by atoms with van der Waals surface area (Å²) in [6.07, 6.45) is 2.46. The highest BCUT2D eigenvalue weighted by Gasteiger charge is 2.15. The first kappa shape index (κ1) is 23.7. The number of nitrogens with zero attached hydrogens (tertiary/aromatic N) is 1. The van der Waals surface area contributed by atoms with Crippen LogP contribution in [0.15, 0.2) is 79.0 Å². The standard InChI is InChI=1S/C28H29N3O2S/c1-3-24(28(32)33)29-18-26-19(2)15-25(34-26)22-11-9-21(10-12-22)23-13-14-27(31-17-23)30-16-20-7-5-4-6-8-20/h4-15,17,24,29H,3,16,18H2,1-2H3,(H,30,31)(H,32,33). The summed E-state index contributed by atoms with van der Waals surface area (Å²) >= 11 is 1.71. The van der Waals surface area contributed by atoms with Crippen LogP contribution in [0.4, 0.5) is 5.82 Å². The minimum Gasteiger partial charge on any atom is -0.480 e. The predicted octanol–water partition coefficient (Wildman–Crippen LogP) is 6.35. The van der Waals surface area contributed by atoms with E-state index in [1.165, 1.54) is 20.9 Å². The maximum absolute atomic E-state index is 11.3. The summed E-state index contributed by atoms with van der Waals surface area (Å²) in [4.78, 5) is 18.2. The van der Waals surface area contributed by atoms with Crippen molar-refractivity contribution in [3.8, 4) is 21.6 Å². The molecule has 2 aromatic carbocycles. The zero-order valence-electron chi connectivity index (χ0n) is 19.4. The van der Waals surface area contributed by atoms with Gasteiger partial charge in [-0.1, -0.05) is 61.5 Å². The molecule has 0 bridgehead atoms. The molecular formula is C28H29N3O2S. The highest BCUT2D eigenvalue weighted by Crippen LogP contribution is 2.33. The topological polar surface area (TPSA) is 74.2 Å². The third-order valence-electron chi connectivity index (χ3n) is 5.82. The number of anilines is 1. The van der Waals surface area contributed by atoms with Gasteiger partial charge < -0.3 is 10.4 Å². The number of nitrogens with one attached hydrogen (secondary N) is 2. The Bertz CT molecular complexity index is 1220. The molecule has 0 aliphatic rings. The van der Waals surface area contributed by atoms with E-state index in [9.17, 15) is 9.90 Å². The van der Waals surface area contributed by atoms with Gasteiger partial charge in [-0.25, -0.2) is 4.98 Å². The van der Waals surface area contributed by atoms with Crippen LogP contribution in [0.25, 0.3) is 21.6 Å². The van der Waals surface area contributed by atoms with E-state index in [1.807, 2.05) is 37.4 Å². The van der Waals surface area contributed by atoms with Crippen molar-refractivity contribution in [1.29, 1.82) is 0 Å². The number of carboxylic acids is 1. The molecule has 4 aromatic rings.